The van der Waals surface area contributed by atoms with Gasteiger partial charge in [0, 0.05) is 9.35 Å². The largest absolute Gasteiger partial charge is 0.306 e. The van der Waals surface area contributed by atoms with Crippen LogP contribution in [-0.4, -0.2) is 6.54 Å². The van der Waals surface area contributed by atoms with Crippen molar-refractivity contribution in [3.8, 4) is 0 Å². The molecule has 1 heterocycles. The fraction of sp³-hybridized carbons (Fsp3) is 0.333. The van der Waals surface area contributed by atoms with Gasteiger partial charge in [0.1, 0.15) is 0 Å². The highest BCUT2D eigenvalue weighted by molar-refractivity contribution is 9.11. The second-order valence-corrected chi connectivity index (χ2v) is 8.33. The molecule has 0 fully saturated rings. The van der Waals surface area contributed by atoms with Crippen LogP contribution in [0, 0.1) is 6.92 Å². The zero-order chi connectivity index (χ0) is 14.7. The molecule has 1 nitrogen and oxygen atoms in total. The molecule has 1 unspecified atom stereocenters. The Morgan fingerprint density at radius 3 is 2.60 bits per heavy atom. The highest BCUT2D eigenvalue weighted by atomic mass is 79.9. The SMILES string of the molecule is CCCNC(c1ccc(Cl)c(Br)c1)c1cc(C)c(Br)s1. The number of thiophene rings is 1. The fourth-order valence-electron chi connectivity index (χ4n) is 1.99. The van der Waals surface area contributed by atoms with Gasteiger partial charge in [0.15, 0.2) is 0 Å². The first kappa shape index (κ1) is 16.5. The molecule has 0 radical (unpaired) electrons. The first-order chi connectivity index (χ1) is 9.52. The van der Waals surface area contributed by atoms with Crippen molar-refractivity contribution in [1.29, 1.82) is 0 Å². The maximum atomic E-state index is 6.09. The lowest BCUT2D eigenvalue weighted by molar-refractivity contribution is 0.605. The number of hydrogen-bond acceptors (Lipinski definition) is 2. The summed E-state index contributed by atoms with van der Waals surface area (Å²) in [6.45, 7) is 5.29. The third kappa shape index (κ3) is 3.86. The topological polar surface area (TPSA) is 12.0 Å². The van der Waals surface area contributed by atoms with E-state index in [1.807, 2.05) is 6.07 Å². The first-order valence-corrected chi connectivity index (χ1v) is 9.25. The Morgan fingerprint density at radius 1 is 1.30 bits per heavy atom. The summed E-state index contributed by atoms with van der Waals surface area (Å²) in [5, 5.41) is 4.36. The standard InChI is InChI=1S/C15H16Br2ClNS/c1-3-6-19-14(13-7-9(2)15(17)20-13)10-4-5-12(18)11(16)8-10/h4-5,7-8,14,19H,3,6H2,1-2H3. The fourth-order valence-corrected chi connectivity index (χ4v) is 4.18. The number of halogens is 3. The Labute approximate surface area is 146 Å². The van der Waals surface area contributed by atoms with Crippen LogP contribution >= 0.6 is 54.8 Å². The summed E-state index contributed by atoms with van der Waals surface area (Å²) in [5.74, 6) is 0. The van der Waals surface area contributed by atoms with Crippen LogP contribution in [0.3, 0.4) is 0 Å². The minimum Gasteiger partial charge on any atom is -0.306 e. The monoisotopic (exact) mass is 435 g/mol. The van der Waals surface area contributed by atoms with E-state index in [9.17, 15) is 0 Å². The predicted octanol–water partition coefficient (Wildman–Crippen LogP) is 6.32. The second kappa shape index (κ2) is 7.41. The summed E-state index contributed by atoms with van der Waals surface area (Å²) in [5.41, 5.74) is 2.50. The van der Waals surface area contributed by atoms with Crippen molar-refractivity contribution in [3.05, 3.63) is 53.6 Å². The molecule has 20 heavy (non-hydrogen) atoms. The van der Waals surface area contributed by atoms with E-state index in [0.29, 0.717) is 0 Å². The Bertz CT molecular complexity index is 578. The Morgan fingerprint density at radius 2 is 2.05 bits per heavy atom. The van der Waals surface area contributed by atoms with Crippen LogP contribution in [0.2, 0.25) is 5.02 Å². The molecule has 0 amide bonds. The van der Waals surface area contributed by atoms with Crippen LogP contribution in [0.15, 0.2) is 32.5 Å². The van der Waals surface area contributed by atoms with Gasteiger partial charge in [0.25, 0.3) is 0 Å². The van der Waals surface area contributed by atoms with E-state index in [0.717, 1.165) is 22.5 Å². The Balaban J connectivity index is 2.38. The molecular formula is C15H16Br2ClNS. The van der Waals surface area contributed by atoms with Gasteiger partial charge in [0.05, 0.1) is 14.9 Å². The van der Waals surface area contributed by atoms with Crippen molar-refractivity contribution in [2.45, 2.75) is 26.3 Å². The summed E-state index contributed by atoms with van der Waals surface area (Å²) in [6.07, 6.45) is 1.11. The van der Waals surface area contributed by atoms with E-state index in [1.165, 1.54) is 19.8 Å². The van der Waals surface area contributed by atoms with Crippen molar-refractivity contribution in [2.24, 2.45) is 0 Å². The molecule has 0 aliphatic rings. The van der Waals surface area contributed by atoms with Gasteiger partial charge in [-0.15, -0.1) is 11.3 Å². The molecule has 1 atom stereocenters. The number of rotatable bonds is 5. The van der Waals surface area contributed by atoms with E-state index in [-0.39, 0.29) is 6.04 Å². The predicted molar refractivity (Wildman–Crippen MR) is 96.0 cm³/mol. The van der Waals surface area contributed by atoms with E-state index in [2.05, 4.69) is 69.2 Å². The second-order valence-electron chi connectivity index (χ2n) is 4.67. The van der Waals surface area contributed by atoms with Crippen molar-refractivity contribution in [2.75, 3.05) is 6.54 Å². The molecule has 2 rings (SSSR count). The molecule has 1 aromatic carbocycles. The van der Waals surface area contributed by atoms with Crippen molar-refractivity contribution < 1.29 is 0 Å². The summed E-state index contributed by atoms with van der Waals surface area (Å²) < 4.78 is 2.14. The highest BCUT2D eigenvalue weighted by Gasteiger charge is 2.17. The van der Waals surface area contributed by atoms with Gasteiger partial charge in [-0.25, -0.2) is 0 Å². The molecule has 2 aromatic rings. The third-order valence-electron chi connectivity index (χ3n) is 3.04. The lowest BCUT2D eigenvalue weighted by atomic mass is 10.0. The van der Waals surface area contributed by atoms with Crippen LogP contribution in [0.5, 0.6) is 0 Å². The van der Waals surface area contributed by atoms with E-state index in [1.54, 1.807) is 11.3 Å². The van der Waals surface area contributed by atoms with Crippen molar-refractivity contribution >= 4 is 54.8 Å². The lowest BCUT2D eigenvalue weighted by Gasteiger charge is -2.18. The number of nitrogens with one attached hydrogen (secondary N) is 1. The molecule has 5 heteroatoms. The molecule has 0 saturated carbocycles. The number of hydrogen-bond donors (Lipinski definition) is 1. The Hall–Kier alpha value is 0.130. The zero-order valence-electron chi connectivity index (χ0n) is 11.3. The molecule has 1 aromatic heterocycles. The average Bonchev–Trinajstić information content (AvgIpc) is 2.74. The summed E-state index contributed by atoms with van der Waals surface area (Å²) in [4.78, 5) is 1.32. The Kier molecular flexibility index (Phi) is 6.11. The van der Waals surface area contributed by atoms with Gasteiger partial charge < -0.3 is 5.32 Å². The number of benzene rings is 1. The number of aryl methyl sites for hydroxylation is 1. The van der Waals surface area contributed by atoms with Gasteiger partial charge in [-0.3, -0.25) is 0 Å². The van der Waals surface area contributed by atoms with Gasteiger partial charge in [0.2, 0.25) is 0 Å². The third-order valence-corrected chi connectivity index (χ3v) is 6.45. The smallest absolute Gasteiger partial charge is 0.0731 e. The van der Waals surface area contributed by atoms with E-state index >= 15 is 0 Å². The molecule has 0 spiro atoms. The molecule has 0 aliphatic heterocycles. The van der Waals surface area contributed by atoms with Crippen molar-refractivity contribution in [1.82, 2.24) is 5.32 Å². The summed E-state index contributed by atoms with van der Waals surface area (Å²) in [6, 6.07) is 8.57. The summed E-state index contributed by atoms with van der Waals surface area (Å²) in [7, 11) is 0. The van der Waals surface area contributed by atoms with Crippen LogP contribution in [-0.2, 0) is 0 Å². The summed E-state index contributed by atoms with van der Waals surface area (Å²) >= 11 is 15.0. The minimum atomic E-state index is 0.207. The van der Waals surface area contributed by atoms with Crippen LogP contribution in [0.4, 0.5) is 0 Å². The minimum absolute atomic E-state index is 0.207. The first-order valence-electron chi connectivity index (χ1n) is 6.47. The quantitative estimate of drug-likeness (QED) is 0.577. The average molecular weight is 438 g/mol. The van der Waals surface area contributed by atoms with Gasteiger partial charge in [-0.05, 0) is 81.1 Å². The zero-order valence-corrected chi connectivity index (χ0v) is 16.1. The lowest BCUT2D eigenvalue weighted by Crippen LogP contribution is -2.22. The van der Waals surface area contributed by atoms with Crippen LogP contribution < -0.4 is 5.32 Å². The van der Waals surface area contributed by atoms with E-state index in [4.69, 9.17) is 11.6 Å². The maximum absolute atomic E-state index is 6.09. The normalized spacial score (nSPS) is 12.7. The molecule has 0 aliphatic carbocycles. The molecular weight excluding hydrogens is 422 g/mol. The van der Waals surface area contributed by atoms with Gasteiger partial charge in [-0.1, -0.05) is 24.6 Å². The maximum Gasteiger partial charge on any atom is 0.0731 e. The van der Waals surface area contributed by atoms with Gasteiger partial charge >= 0.3 is 0 Å². The van der Waals surface area contributed by atoms with Crippen LogP contribution in [0.25, 0.3) is 0 Å². The van der Waals surface area contributed by atoms with Crippen LogP contribution in [0.1, 0.15) is 35.4 Å². The molecule has 0 saturated heterocycles. The molecule has 108 valence electrons. The van der Waals surface area contributed by atoms with E-state index < -0.39 is 0 Å². The highest BCUT2D eigenvalue weighted by Crippen LogP contribution is 2.36. The van der Waals surface area contributed by atoms with Gasteiger partial charge in [-0.2, -0.15) is 0 Å². The van der Waals surface area contributed by atoms with Crippen molar-refractivity contribution in [3.63, 3.8) is 0 Å². The molecule has 0 bridgehead atoms. The molecule has 1 N–H and O–H groups in total.